The molecule has 27 heavy (non-hydrogen) atoms. The van der Waals surface area contributed by atoms with E-state index < -0.39 is 5.76 Å². The van der Waals surface area contributed by atoms with Crippen LogP contribution in [-0.4, -0.2) is 29.3 Å². The van der Waals surface area contributed by atoms with Gasteiger partial charge >= 0.3 is 5.76 Å². The first-order valence-corrected chi connectivity index (χ1v) is 10.2. The summed E-state index contributed by atoms with van der Waals surface area (Å²) in [6, 6.07) is 2.30. The Labute approximate surface area is 168 Å². The van der Waals surface area contributed by atoms with Crippen molar-refractivity contribution in [3.63, 3.8) is 0 Å². The highest BCUT2D eigenvalue weighted by atomic mass is 79.9. The lowest BCUT2D eigenvalue weighted by atomic mass is 9.83. The van der Waals surface area contributed by atoms with E-state index in [0.29, 0.717) is 23.1 Å². The van der Waals surface area contributed by atoms with Crippen LogP contribution in [0, 0.1) is 23.2 Å². The van der Waals surface area contributed by atoms with Crippen molar-refractivity contribution in [2.45, 2.75) is 32.2 Å². The normalized spacial score (nSPS) is 19.4. The molecule has 1 aliphatic rings. The number of thiophene rings is 1. The van der Waals surface area contributed by atoms with Crippen LogP contribution in [-0.2, 0) is 11.3 Å². The smallest absolute Gasteiger partial charge is 0.437 e. The molecule has 1 fully saturated rings. The van der Waals surface area contributed by atoms with E-state index in [1.54, 1.807) is 5.38 Å². The van der Waals surface area contributed by atoms with Crippen LogP contribution in [0.15, 0.2) is 19.1 Å². The van der Waals surface area contributed by atoms with Crippen LogP contribution in [0.4, 0.5) is 0 Å². The van der Waals surface area contributed by atoms with Crippen molar-refractivity contribution in [2.24, 2.45) is 11.8 Å². The van der Waals surface area contributed by atoms with Crippen molar-refractivity contribution in [1.82, 2.24) is 15.1 Å². The molecule has 1 aliphatic carbocycles. The topological polar surface area (TPSA) is 110 Å². The van der Waals surface area contributed by atoms with E-state index in [1.165, 1.54) is 18.4 Å². The number of nitrogens with one attached hydrogen (secondary N) is 1. The molecule has 0 spiro atoms. The Bertz CT molecular complexity index is 905. The highest BCUT2D eigenvalue weighted by Crippen LogP contribution is 2.40. The molecule has 0 bridgehead atoms. The molecule has 2 aromatic heterocycles. The number of carbonyl (C=O) groups excluding carboxylic acids is 1. The van der Waals surface area contributed by atoms with Gasteiger partial charge in [0.2, 0.25) is 5.91 Å². The zero-order valence-electron chi connectivity index (χ0n) is 14.7. The third-order valence-electron chi connectivity index (χ3n) is 4.62. The van der Waals surface area contributed by atoms with Gasteiger partial charge in [0.15, 0.2) is 5.75 Å². The number of hydrogen-bond donors (Lipinski definition) is 1. The fourth-order valence-corrected chi connectivity index (χ4v) is 4.69. The maximum absolute atomic E-state index is 12.2. The van der Waals surface area contributed by atoms with Gasteiger partial charge in [0.25, 0.3) is 5.89 Å². The van der Waals surface area contributed by atoms with Gasteiger partial charge in [-0.3, -0.25) is 4.79 Å². The molecule has 8 nitrogen and oxygen atoms in total. The van der Waals surface area contributed by atoms with Crippen LogP contribution in [0.1, 0.15) is 25.7 Å². The molecule has 10 heteroatoms. The van der Waals surface area contributed by atoms with Gasteiger partial charge < -0.3 is 14.5 Å². The quantitative estimate of drug-likeness (QED) is 0.718. The Balaban J connectivity index is 1.58. The van der Waals surface area contributed by atoms with Crippen molar-refractivity contribution in [2.75, 3.05) is 13.7 Å². The lowest BCUT2D eigenvalue weighted by molar-refractivity contribution is -0.122. The molecule has 0 aromatic carbocycles. The molecule has 0 aliphatic heterocycles. The summed E-state index contributed by atoms with van der Waals surface area (Å²) in [5.74, 6) is 0.176. The minimum atomic E-state index is -0.693. The van der Waals surface area contributed by atoms with Gasteiger partial charge in [0.05, 0.1) is 17.7 Å². The van der Waals surface area contributed by atoms with Crippen LogP contribution in [0.2, 0.25) is 0 Å². The summed E-state index contributed by atoms with van der Waals surface area (Å²) in [7, 11) is 1.52. The third-order valence-corrected chi connectivity index (χ3v) is 6.46. The highest BCUT2D eigenvalue weighted by molar-refractivity contribution is 9.10. The number of nitriles is 1. The highest BCUT2D eigenvalue weighted by Gasteiger charge is 2.22. The van der Waals surface area contributed by atoms with Crippen LogP contribution in [0.5, 0.6) is 5.75 Å². The van der Waals surface area contributed by atoms with Gasteiger partial charge in [-0.05, 0) is 47.5 Å². The molecule has 0 radical (unpaired) electrons. The minimum Gasteiger partial charge on any atom is -0.494 e. The number of hydrogen-bond acceptors (Lipinski definition) is 7. The summed E-state index contributed by atoms with van der Waals surface area (Å²) >= 11 is 4.68. The van der Waals surface area contributed by atoms with E-state index in [9.17, 15) is 9.59 Å². The average Bonchev–Trinajstić information content (AvgIpc) is 3.22. The second-order valence-electron chi connectivity index (χ2n) is 6.43. The number of carbonyl (C=O) groups is 1. The number of ether oxygens (including phenoxy) is 1. The average molecular weight is 455 g/mol. The van der Waals surface area contributed by atoms with Gasteiger partial charge in [-0.25, -0.2) is 4.79 Å². The molecule has 1 amide bonds. The maximum Gasteiger partial charge on any atom is 0.437 e. The van der Waals surface area contributed by atoms with Gasteiger partial charge in [-0.15, -0.1) is 16.4 Å². The third kappa shape index (κ3) is 4.59. The fourth-order valence-electron chi connectivity index (χ4n) is 3.11. The van der Waals surface area contributed by atoms with Gasteiger partial charge in [0, 0.05) is 17.8 Å². The number of nitrogens with zero attached hydrogens (tertiary/aromatic N) is 3. The van der Waals surface area contributed by atoms with Gasteiger partial charge in [0.1, 0.15) is 11.4 Å². The zero-order chi connectivity index (χ0) is 19.4. The van der Waals surface area contributed by atoms with Crippen LogP contribution < -0.4 is 15.8 Å². The van der Waals surface area contributed by atoms with Crippen LogP contribution in [0.3, 0.4) is 0 Å². The van der Waals surface area contributed by atoms with E-state index in [1.807, 2.05) is 0 Å². The SMILES string of the molecule is COc1c(Br)csc1-c1nn(CC(=O)NCC2CCC(C#N)CC2)c(=O)o1. The standard InChI is InChI=1S/C17H19BrN4O4S/c1-25-14-12(18)9-27-15(14)16-21-22(17(24)26-16)8-13(23)20-7-11-4-2-10(6-19)3-5-11/h9-11H,2-5,7-8H2,1H3,(H,20,23). The monoisotopic (exact) mass is 454 g/mol. The number of aromatic nitrogens is 2. The first-order valence-electron chi connectivity index (χ1n) is 8.57. The van der Waals surface area contributed by atoms with Gasteiger partial charge in [-0.2, -0.15) is 9.94 Å². The van der Waals surface area contributed by atoms with E-state index >= 15 is 0 Å². The molecule has 144 valence electrons. The first-order chi connectivity index (χ1) is 13.0. The Morgan fingerprint density at radius 3 is 2.93 bits per heavy atom. The Hall–Kier alpha value is -2.12. The zero-order valence-corrected chi connectivity index (χ0v) is 17.1. The molecular formula is C17H19BrN4O4S. The predicted octanol–water partition coefficient (Wildman–Crippen LogP) is 2.78. The minimum absolute atomic E-state index is 0.121. The second-order valence-corrected chi connectivity index (χ2v) is 8.16. The lowest BCUT2D eigenvalue weighted by Crippen LogP contribution is -2.35. The van der Waals surface area contributed by atoms with Crippen LogP contribution >= 0.6 is 27.3 Å². The second kappa shape index (κ2) is 8.71. The van der Waals surface area contributed by atoms with Gasteiger partial charge in [-0.1, -0.05) is 0 Å². The molecule has 0 atom stereocenters. The summed E-state index contributed by atoms with van der Waals surface area (Å²) < 4.78 is 12.2. The summed E-state index contributed by atoms with van der Waals surface area (Å²) in [5.41, 5.74) is 0. The van der Waals surface area contributed by atoms with E-state index in [4.69, 9.17) is 14.4 Å². The van der Waals surface area contributed by atoms with Crippen molar-refractivity contribution >= 4 is 33.2 Å². The lowest BCUT2D eigenvalue weighted by Gasteiger charge is -2.24. The number of methoxy groups -OCH3 is 1. The number of rotatable bonds is 6. The molecule has 1 saturated carbocycles. The fraction of sp³-hybridized carbons (Fsp3) is 0.529. The van der Waals surface area contributed by atoms with E-state index in [2.05, 4.69) is 32.4 Å². The number of halogens is 1. The van der Waals surface area contributed by atoms with E-state index in [0.717, 1.165) is 34.8 Å². The summed E-state index contributed by atoms with van der Waals surface area (Å²) in [6.07, 6.45) is 3.61. The maximum atomic E-state index is 12.2. The Kier molecular flexibility index (Phi) is 6.34. The summed E-state index contributed by atoms with van der Waals surface area (Å²) in [5, 5.41) is 17.7. The largest absolute Gasteiger partial charge is 0.494 e. The summed E-state index contributed by atoms with van der Waals surface area (Å²) in [4.78, 5) is 24.8. The van der Waals surface area contributed by atoms with Crippen molar-refractivity contribution in [3.05, 3.63) is 20.4 Å². The Morgan fingerprint density at radius 2 is 2.26 bits per heavy atom. The molecule has 2 heterocycles. The first kappa shape index (κ1) is 19.6. The van der Waals surface area contributed by atoms with Crippen molar-refractivity contribution < 1.29 is 13.9 Å². The van der Waals surface area contributed by atoms with Crippen LogP contribution in [0.25, 0.3) is 10.8 Å². The molecule has 3 rings (SSSR count). The van der Waals surface area contributed by atoms with E-state index in [-0.39, 0.29) is 24.3 Å². The molecular weight excluding hydrogens is 436 g/mol. The summed E-state index contributed by atoms with van der Waals surface area (Å²) in [6.45, 7) is 0.340. The van der Waals surface area contributed by atoms with Crippen molar-refractivity contribution in [3.8, 4) is 22.6 Å². The molecule has 1 N–H and O–H groups in total. The Morgan fingerprint density at radius 1 is 1.52 bits per heavy atom. The van der Waals surface area contributed by atoms with Crippen molar-refractivity contribution in [1.29, 1.82) is 5.26 Å². The molecule has 2 aromatic rings. The number of amides is 1. The molecule has 0 saturated heterocycles. The predicted molar refractivity (Wildman–Crippen MR) is 102 cm³/mol. The molecule has 0 unspecified atom stereocenters.